The number of hydrogen-bond acceptors (Lipinski definition) is 2. The van der Waals surface area contributed by atoms with Crippen LogP contribution in [0.5, 0.6) is 0 Å². The van der Waals surface area contributed by atoms with Gasteiger partial charge in [-0.15, -0.1) is 0 Å². The lowest BCUT2D eigenvalue weighted by molar-refractivity contribution is -0.125. The maximum Gasteiger partial charge on any atom is 0.235 e. The fourth-order valence-electron chi connectivity index (χ4n) is 2.96. The van der Waals surface area contributed by atoms with Crippen molar-refractivity contribution in [2.24, 2.45) is 0 Å². The summed E-state index contributed by atoms with van der Waals surface area (Å²) in [6.07, 6.45) is 1.17. The summed E-state index contributed by atoms with van der Waals surface area (Å²) in [7, 11) is 0. The zero-order valence-electron chi connectivity index (χ0n) is 12.5. The molecule has 1 saturated heterocycles. The highest BCUT2D eigenvalue weighted by molar-refractivity contribution is 9.10. The monoisotopic (exact) mass is 377 g/mol. The predicted molar refractivity (Wildman–Crippen MR) is 90.9 cm³/mol. The number of hydrogen-bond donors (Lipinski definition) is 1. The molecule has 1 heterocycles. The first-order valence-corrected chi connectivity index (χ1v) is 8.31. The first-order chi connectivity index (χ1) is 11.1. The van der Waals surface area contributed by atoms with E-state index in [0.717, 1.165) is 5.56 Å². The van der Waals surface area contributed by atoms with Crippen molar-refractivity contribution < 1.29 is 13.9 Å². The number of carbonyl (C=O) groups is 1. The Hall–Kier alpha value is -1.72. The van der Waals surface area contributed by atoms with Crippen LogP contribution in [0.3, 0.4) is 0 Å². The van der Waals surface area contributed by atoms with Gasteiger partial charge in [-0.2, -0.15) is 0 Å². The lowest BCUT2D eigenvalue weighted by atomic mass is 9.73. The zero-order valence-corrected chi connectivity index (χ0v) is 14.1. The Kier molecular flexibility index (Phi) is 4.78. The van der Waals surface area contributed by atoms with E-state index in [1.54, 1.807) is 12.1 Å². The molecule has 0 aromatic heterocycles. The molecule has 0 unspecified atom stereocenters. The molecular weight excluding hydrogens is 361 g/mol. The fraction of sp³-hybridized carbons (Fsp3) is 0.278. The van der Waals surface area contributed by atoms with Gasteiger partial charge in [0.2, 0.25) is 5.91 Å². The third kappa shape index (κ3) is 3.31. The Morgan fingerprint density at radius 3 is 2.48 bits per heavy atom. The molecule has 0 atom stereocenters. The van der Waals surface area contributed by atoms with Crippen molar-refractivity contribution in [2.45, 2.75) is 18.3 Å². The Bertz CT molecular complexity index is 699. The predicted octanol–water partition coefficient (Wildman–Crippen LogP) is 4.28. The van der Waals surface area contributed by atoms with E-state index in [2.05, 4.69) is 21.2 Å². The van der Waals surface area contributed by atoms with Gasteiger partial charge in [0, 0.05) is 17.7 Å². The summed E-state index contributed by atoms with van der Waals surface area (Å²) >= 11 is 3.22. The second-order valence-electron chi connectivity index (χ2n) is 5.64. The van der Waals surface area contributed by atoms with Crippen LogP contribution in [0.25, 0.3) is 0 Å². The van der Waals surface area contributed by atoms with Crippen molar-refractivity contribution >= 4 is 27.5 Å². The van der Waals surface area contributed by atoms with Crippen LogP contribution in [0, 0.1) is 5.82 Å². The summed E-state index contributed by atoms with van der Waals surface area (Å²) in [5, 5.41) is 2.76. The first kappa shape index (κ1) is 16.1. The standard InChI is InChI=1S/C18H17BrFNO2/c19-14-6-7-16(15(20)12-14)21-17(22)18(8-10-23-11-9-18)13-4-2-1-3-5-13/h1-7,12H,8-11H2,(H,21,22). The molecule has 3 rings (SSSR count). The summed E-state index contributed by atoms with van der Waals surface area (Å²) < 4.78 is 20.1. The normalized spacial score (nSPS) is 16.8. The van der Waals surface area contributed by atoms with Gasteiger partial charge in [-0.3, -0.25) is 4.79 Å². The quantitative estimate of drug-likeness (QED) is 0.866. The largest absolute Gasteiger partial charge is 0.381 e. The second-order valence-corrected chi connectivity index (χ2v) is 6.55. The molecule has 23 heavy (non-hydrogen) atoms. The first-order valence-electron chi connectivity index (χ1n) is 7.52. The molecule has 1 fully saturated rings. The Balaban J connectivity index is 1.92. The van der Waals surface area contributed by atoms with Gasteiger partial charge in [0.25, 0.3) is 0 Å². The van der Waals surface area contributed by atoms with E-state index < -0.39 is 11.2 Å². The van der Waals surface area contributed by atoms with Crippen LogP contribution in [0.4, 0.5) is 10.1 Å². The SMILES string of the molecule is O=C(Nc1ccc(Br)cc1F)C1(c2ccccc2)CCOCC1. The van der Waals surface area contributed by atoms with E-state index in [0.29, 0.717) is 30.5 Å². The van der Waals surface area contributed by atoms with Gasteiger partial charge >= 0.3 is 0 Å². The van der Waals surface area contributed by atoms with Crippen LogP contribution in [0.1, 0.15) is 18.4 Å². The number of ether oxygens (including phenoxy) is 1. The summed E-state index contributed by atoms with van der Waals surface area (Å²) in [5.74, 6) is -0.642. The van der Waals surface area contributed by atoms with E-state index in [-0.39, 0.29) is 11.6 Å². The Morgan fingerprint density at radius 1 is 1.13 bits per heavy atom. The van der Waals surface area contributed by atoms with Crippen molar-refractivity contribution in [3.8, 4) is 0 Å². The molecule has 1 aliphatic heterocycles. The minimum atomic E-state index is -0.682. The number of halogens is 2. The summed E-state index contributed by atoms with van der Waals surface area (Å²) in [5.41, 5.74) is 0.456. The molecule has 120 valence electrons. The molecule has 0 radical (unpaired) electrons. The van der Waals surface area contributed by atoms with Gasteiger partial charge in [-0.25, -0.2) is 4.39 Å². The molecule has 2 aromatic rings. The van der Waals surface area contributed by atoms with Gasteiger partial charge in [-0.05, 0) is 36.6 Å². The number of rotatable bonds is 3. The van der Waals surface area contributed by atoms with Crippen LogP contribution < -0.4 is 5.32 Å². The number of anilines is 1. The average Bonchev–Trinajstić information content (AvgIpc) is 2.58. The third-order valence-electron chi connectivity index (χ3n) is 4.29. The highest BCUT2D eigenvalue weighted by Gasteiger charge is 2.41. The van der Waals surface area contributed by atoms with Crippen LogP contribution in [0.2, 0.25) is 0 Å². The van der Waals surface area contributed by atoms with Crippen molar-refractivity contribution in [3.05, 3.63) is 64.4 Å². The highest BCUT2D eigenvalue weighted by Crippen LogP contribution is 2.36. The van der Waals surface area contributed by atoms with Gasteiger partial charge in [0.1, 0.15) is 5.82 Å². The molecule has 1 amide bonds. The Labute approximate surface area is 143 Å². The molecule has 0 aliphatic carbocycles. The number of benzene rings is 2. The third-order valence-corrected chi connectivity index (χ3v) is 4.78. The molecule has 3 nitrogen and oxygen atoms in total. The molecule has 0 bridgehead atoms. The molecule has 0 spiro atoms. The van der Waals surface area contributed by atoms with E-state index in [1.165, 1.54) is 6.07 Å². The van der Waals surface area contributed by atoms with Crippen molar-refractivity contribution in [2.75, 3.05) is 18.5 Å². The van der Waals surface area contributed by atoms with E-state index in [4.69, 9.17) is 4.74 Å². The minimum Gasteiger partial charge on any atom is -0.381 e. The maximum atomic E-state index is 14.0. The van der Waals surface area contributed by atoms with Gasteiger partial charge in [-0.1, -0.05) is 46.3 Å². The lowest BCUT2D eigenvalue weighted by Crippen LogP contribution is -2.45. The molecule has 5 heteroatoms. The fourth-order valence-corrected chi connectivity index (χ4v) is 3.29. The minimum absolute atomic E-state index is 0.187. The summed E-state index contributed by atoms with van der Waals surface area (Å²) in [4.78, 5) is 13.0. The molecular formula is C18H17BrFNO2. The molecule has 1 aliphatic rings. The average molecular weight is 378 g/mol. The van der Waals surface area contributed by atoms with E-state index in [1.807, 2.05) is 30.3 Å². The van der Waals surface area contributed by atoms with Crippen LogP contribution in [-0.2, 0) is 14.9 Å². The maximum absolute atomic E-state index is 14.0. The van der Waals surface area contributed by atoms with Gasteiger partial charge in [0.15, 0.2) is 0 Å². The number of nitrogens with one attached hydrogen (secondary N) is 1. The molecule has 1 N–H and O–H groups in total. The Morgan fingerprint density at radius 2 is 1.83 bits per heavy atom. The summed E-state index contributed by atoms with van der Waals surface area (Å²) in [6.45, 7) is 1.04. The zero-order chi connectivity index (χ0) is 16.3. The van der Waals surface area contributed by atoms with Crippen molar-refractivity contribution in [1.29, 1.82) is 0 Å². The molecule has 2 aromatic carbocycles. The second kappa shape index (κ2) is 6.81. The number of amides is 1. The van der Waals surface area contributed by atoms with Crippen LogP contribution in [0.15, 0.2) is 53.0 Å². The summed E-state index contributed by atoms with van der Waals surface area (Å²) in [6, 6.07) is 14.3. The van der Waals surface area contributed by atoms with Gasteiger partial charge < -0.3 is 10.1 Å². The highest BCUT2D eigenvalue weighted by atomic mass is 79.9. The van der Waals surface area contributed by atoms with Crippen LogP contribution >= 0.6 is 15.9 Å². The smallest absolute Gasteiger partial charge is 0.235 e. The van der Waals surface area contributed by atoms with E-state index >= 15 is 0 Å². The van der Waals surface area contributed by atoms with E-state index in [9.17, 15) is 9.18 Å². The van der Waals surface area contributed by atoms with Crippen molar-refractivity contribution in [1.82, 2.24) is 0 Å². The lowest BCUT2D eigenvalue weighted by Gasteiger charge is -2.36. The topological polar surface area (TPSA) is 38.3 Å². The van der Waals surface area contributed by atoms with Crippen molar-refractivity contribution in [3.63, 3.8) is 0 Å². The number of carbonyl (C=O) groups excluding carboxylic acids is 1. The molecule has 0 saturated carbocycles. The van der Waals surface area contributed by atoms with Gasteiger partial charge in [0.05, 0.1) is 11.1 Å². The van der Waals surface area contributed by atoms with Crippen LogP contribution in [-0.4, -0.2) is 19.1 Å².